The van der Waals surface area contributed by atoms with Gasteiger partial charge in [-0.25, -0.2) is 8.42 Å². The third-order valence-corrected chi connectivity index (χ3v) is 7.42. The highest BCUT2D eigenvalue weighted by Crippen LogP contribution is 2.31. The Balaban J connectivity index is 1.69. The molecule has 1 saturated heterocycles. The van der Waals surface area contributed by atoms with Gasteiger partial charge in [0, 0.05) is 11.3 Å². The molecule has 0 aliphatic carbocycles. The zero-order valence-corrected chi connectivity index (χ0v) is 18.6. The van der Waals surface area contributed by atoms with Crippen LogP contribution in [-0.4, -0.2) is 42.7 Å². The van der Waals surface area contributed by atoms with Crippen LogP contribution in [0.4, 0.5) is 5.69 Å². The molecule has 0 unspecified atom stereocenters. The second-order valence-corrected chi connectivity index (χ2v) is 10.1. The summed E-state index contributed by atoms with van der Waals surface area (Å²) in [4.78, 5) is 12.9. The molecule has 8 heteroatoms. The molecule has 1 aliphatic heterocycles. The van der Waals surface area contributed by atoms with Crippen molar-refractivity contribution in [3.63, 3.8) is 0 Å². The molecule has 1 N–H and O–H groups in total. The van der Waals surface area contributed by atoms with E-state index < -0.39 is 9.84 Å². The lowest BCUT2D eigenvalue weighted by Gasteiger charge is -2.14. The Bertz CT molecular complexity index is 1230. The Morgan fingerprint density at radius 1 is 1.10 bits per heavy atom. The summed E-state index contributed by atoms with van der Waals surface area (Å²) in [6.45, 7) is 4.06. The summed E-state index contributed by atoms with van der Waals surface area (Å²) in [7, 11) is -1.52. The molecule has 3 aromatic rings. The van der Waals surface area contributed by atoms with Gasteiger partial charge in [-0.2, -0.15) is 5.10 Å². The van der Waals surface area contributed by atoms with Gasteiger partial charge in [-0.05, 0) is 67.8 Å². The Hall–Kier alpha value is -3.13. The van der Waals surface area contributed by atoms with Crippen molar-refractivity contribution in [3.05, 3.63) is 65.4 Å². The number of benzene rings is 2. The van der Waals surface area contributed by atoms with Crippen LogP contribution in [0.1, 0.15) is 34.1 Å². The number of amides is 1. The van der Waals surface area contributed by atoms with Crippen molar-refractivity contribution in [1.29, 1.82) is 0 Å². The fraction of sp³-hybridized carbons (Fsp3) is 0.304. The fourth-order valence-electron chi connectivity index (χ4n) is 3.74. The number of hydrogen-bond donors (Lipinski definition) is 1. The maximum atomic E-state index is 12.9. The molecule has 1 fully saturated rings. The molecule has 1 aliphatic rings. The van der Waals surface area contributed by atoms with Gasteiger partial charge >= 0.3 is 0 Å². The van der Waals surface area contributed by atoms with Gasteiger partial charge in [0.2, 0.25) is 0 Å². The Morgan fingerprint density at radius 2 is 1.84 bits per heavy atom. The smallest absolute Gasteiger partial charge is 0.276 e. The highest BCUT2D eigenvalue weighted by atomic mass is 32.2. The minimum atomic E-state index is -3.10. The molecular weight excluding hydrogens is 414 g/mol. The molecule has 162 valence electrons. The van der Waals surface area contributed by atoms with Gasteiger partial charge in [0.25, 0.3) is 5.91 Å². The first kappa shape index (κ1) is 21.1. The topological polar surface area (TPSA) is 90.3 Å². The highest BCUT2D eigenvalue weighted by Gasteiger charge is 2.32. The van der Waals surface area contributed by atoms with Gasteiger partial charge in [0.1, 0.15) is 5.75 Å². The maximum absolute atomic E-state index is 12.9. The average molecular weight is 440 g/mol. The number of methoxy groups -OCH3 is 1. The van der Waals surface area contributed by atoms with Crippen LogP contribution < -0.4 is 10.1 Å². The number of nitrogens with zero attached hydrogens (tertiary/aromatic N) is 2. The Kier molecular flexibility index (Phi) is 5.58. The predicted molar refractivity (Wildman–Crippen MR) is 120 cm³/mol. The molecule has 0 radical (unpaired) electrons. The quantitative estimate of drug-likeness (QED) is 0.653. The van der Waals surface area contributed by atoms with Crippen LogP contribution in [-0.2, 0) is 9.84 Å². The van der Waals surface area contributed by atoms with Crippen molar-refractivity contribution in [1.82, 2.24) is 9.78 Å². The molecule has 7 nitrogen and oxygen atoms in total. The molecule has 2 aromatic carbocycles. The van der Waals surface area contributed by atoms with Crippen LogP contribution in [0.3, 0.4) is 0 Å². The molecule has 1 amide bonds. The van der Waals surface area contributed by atoms with E-state index in [1.807, 2.05) is 32.0 Å². The van der Waals surface area contributed by atoms with Crippen molar-refractivity contribution in [2.45, 2.75) is 26.3 Å². The summed E-state index contributed by atoms with van der Waals surface area (Å²) in [6, 6.07) is 14.5. The largest absolute Gasteiger partial charge is 0.497 e. The number of rotatable bonds is 5. The number of aromatic nitrogens is 2. The van der Waals surface area contributed by atoms with E-state index in [4.69, 9.17) is 4.74 Å². The first-order chi connectivity index (χ1) is 14.8. The van der Waals surface area contributed by atoms with Gasteiger partial charge in [-0.3, -0.25) is 9.48 Å². The zero-order chi connectivity index (χ0) is 22.2. The van der Waals surface area contributed by atoms with E-state index >= 15 is 0 Å². The van der Waals surface area contributed by atoms with Gasteiger partial charge < -0.3 is 10.1 Å². The standard InChI is InChI=1S/C23H25N3O4S/c1-15-4-5-17(12-16(15)2)22-13-21(25-26(22)19-10-11-31(28,29)14-19)23(27)24-18-6-8-20(30-3)9-7-18/h4-9,12-13,19H,10-11,14H2,1-3H3,(H,24,27)/t19-/m1/s1. The molecular formula is C23H25N3O4S. The number of carbonyl (C=O) groups excluding carboxylic acids is 1. The summed E-state index contributed by atoms with van der Waals surface area (Å²) in [5.74, 6) is 0.514. The number of sulfone groups is 1. The van der Waals surface area contributed by atoms with E-state index in [0.29, 0.717) is 17.9 Å². The van der Waals surface area contributed by atoms with E-state index in [9.17, 15) is 13.2 Å². The minimum Gasteiger partial charge on any atom is -0.497 e. The first-order valence-corrected chi connectivity index (χ1v) is 11.9. The number of anilines is 1. The lowest BCUT2D eigenvalue weighted by Crippen LogP contribution is -2.16. The molecule has 1 atom stereocenters. The monoisotopic (exact) mass is 439 g/mol. The fourth-order valence-corrected chi connectivity index (χ4v) is 5.43. The van der Waals surface area contributed by atoms with Crippen LogP contribution in [0, 0.1) is 13.8 Å². The van der Waals surface area contributed by atoms with Gasteiger partial charge in [-0.15, -0.1) is 0 Å². The summed E-state index contributed by atoms with van der Waals surface area (Å²) in [5, 5.41) is 7.37. The highest BCUT2D eigenvalue weighted by molar-refractivity contribution is 7.91. The van der Waals surface area contributed by atoms with Crippen LogP contribution in [0.25, 0.3) is 11.3 Å². The first-order valence-electron chi connectivity index (χ1n) is 10.1. The van der Waals surface area contributed by atoms with Gasteiger partial charge in [0.15, 0.2) is 15.5 Å². The number of carbonyl (C=O) groups is 1. The van der Waals surface area contributed by atoms with E-state index in [2.05, 4.69) is 10.4 Å². The molecule has 2 heterocycles. The zero-order valence-electron chi connectivity index (χ0n) is 17.8. The number of hydrogen-bond acceptors (Lipinski definition) is 5. The van der Waals surface area contributed by atoms with E-state index in [-0.39, 0.29) is 29.1 Å². The summed E-state index contributed by atoms with van der Waals surface area (Å²) >= 11 is 0. The second kappa shape index (κ2) is 8.19. The molecule has 0 saturated carbocycles. The minimum absolute atomic E-state index is 0.0338. The Morgan fingerprint density at radius 3 is 2.45 bits per heavy atom. The van der Waals surface area contributed by atoms with Crippen molar-refractivity contribution in [3.8, 4) is 17.0 Å². The van der Waals surface area contributed by atoms with Crippen LogP contribution in [0.2, 0.25) is 0 Å². The second-order valence-electron chi connectivity index (χ2n) is 7.90. The summed E-state index contributed by atoms with van der Waals surface area (Å²) < 4.78 is 31.0. The lowest BCUT2D eigenvalue weighted by molar-refractivity contribution is 0.102. The number of nitrogens with one attached hydrogen (secondary N) is 1. The van der Waals surface area contributed by atoms with E-state index in [1.165, 1.54) is 0 Å². The molecule has 0 spiro atoms. The summed E-state index contributed by atoms with van der Waals surface area (Å²) in [5.41, 5.74) is 4.79. The summed E-state index contributed by atoms with van der Waals surface area (Å²) in [6.07, 6.45) is 0.487. The predicted octanol–water partition coefficient (Wildman–Crippen LogP) is 3.79. The van der Waals surface area contributed by atoms with Gasteiger partial charge in [0.05, 0.1) is 30.4 Å². The van der Waals surface area contributed by atoms with Crippen LogP contribution in [0.5, 0.6) is 5.75 Å². The maximum Gasteiger partial charge on any atom is 0.276 e. The molecule has 0 bridgehead atoms. The van der Waals surface area contributed by atoms with Gasteiger partial charge in [-0.1, -0.05) is 12.1 Å². The number of aryl methyl sites for hydroxylation is 2. The average Bonchev–Trinajstić information content (AvgIpc) is 3.34. The number of ether oxygens (including phenoxy) is 1. The third kappa shape index (κ3) is 4.49. The van der Waals surface area contributed by atoms with Crippen LogP contribution >= 0.6 is 0 Å². The SMILES string of the molecule is COc1ccc(NC(=O)c2cc(-c3ccc(C)c(C)c3)n([C@@H]3CCS(=O)(=O)C3)n2)cc1. The van der Waals surface area contributed by atoms with Crippen molar-refractivity contribution >= 4 is 21.4 Å². The molecule has 1 aromatic heterocycles. The Labute approximate surface area is 182 Å². The van der Waals surface area contributed by atoms with Crippen LogP contribution in [0.15, 0.2) is 48.5 Å². The van der Waals surface area contributed by atoms with Crippen molar-refractivity contribution in [2.75, 3.05) is 23.9 Å². The van der Waals surface area contributed by atoms with E-state index in [1.54, 1.807) is 42.1 Å². The molecule has 31 heavy (non-hydrogen) atoms. The van der Waals surface area contributed by atoms with E-state index in [0.717, 1.165) is 22.4 Å². The van der Waals surface area contributed by atoms with Crippen molar-refractivity contribution in [2.24, 2.45) is 0 Å². The van der Waals surface area contributed by atoms with Crippen molar-refractivity contribution < 1.29 is 17.9 Å². The normalized spacial score (nSPS) is 17.5. The lowest BCUT2D eigenvalue weighted by atomic mass is 10.0. The third-order valence-electron chi connectivity index (χ3n) is 5.67. The molecule has 4 rings (SSSR count).